The van der Waals surface area contributed by atoms with Crippen molar-refractivity contribution in [2.24, 2.45) is 0 Å². The van der Waals surface area contributed by atoms with Gasteiger partial charge in [0.05, 0.1) is 13.2 Å². The Morgan fingerprint density at radius 1 is 1.20 bits per heavy atom. The highest BCUT2D eigenvalue weighted by Crippen LogP contribution is 2.26. The van der Waals surface area contributed by atoms with E-state index in [-0.39, 0.29) is 6.04 Å². The summed E-state index contributed by atoms with van der Waals surface area (Å²) in [6.07, 6.45) is 0. The Hall–Kier alpha value is -2.70. The molecule has 0 fully saturated rings. The van der Waals surface area contributed by atoms with Crippen LogP contribution in [0.25, 0.3) is 5.65 Å². The summed E-state index contributed by atoms with van der Waals surface area (Å²) in [5, 5.41) is 18.7. The van der Waals surface area contributed by atoms with E-state index >= 15 is 0 Å². The minimum atomic E-state index is 0.0487. The maximum absolute atomic E-state index is 5.36. The van der Waals surface area contributed by atoms with Gasteiger partial charge in [0.2, 0.25) is 0 Å². The largest absolute Gasteiger partial charge is 0.496 e. The summed E-state index contributed by atoms with van der Waals surface area (Å²) >= 11 is 0. The van der Waals surface area contributed by atoms with Gasteiger partial charge in [0.25, 0.3) is 0 Å². The average Bonchev–Trinajstić information content (AvgIpc) is 2.94. The van der Waals surface area contributed by atoms with Crippen molar-refractivity contribution in [3.05, 3.63) is 42.0 Å². The zero-order chi connectivity index (χ0) is 13.9. The van der Waals surface area contributed by atoms with E-state index in [1.807, 2.05) is 43.3 Å². The van der Waals surface area contributed by atoms with Gasteiger partial charge < -0.3 is 10.1 Å². The van der Waals surface area contributed by atoms with Gasteiger partial charge in [0.1, 0.15) is 11.6 Å². The Morgan fingerprint density at radius 3 is 2.90 bits per heavy atom. The molecule has 0 saturated carbocycles. The van der Waals surface area contributed by atoms with E-state index < -0.39 is 0 Å². The molecule has 0 unspecified atom stereocenters. The number of fused-ring (bicyclic) bond motifs is 1. The zero-order valence-electron chi connectivity index (χ0n) is 11.2. The standard InChI is InChI=1S/C13H14N6O/c1-9(10-5-3-4-6-11(10)20-2)14-12-7-8-13-15-17-18-19(13)16-12/h3-9H,1-2H3,(H,14,16)/t9-/m1/s1. The summed E-state index contributed by atoms with van der Waals surface area (Å²) in [6.45, 7) is 2.04. The van der Waals surface area contributed by atoms with E-state index in [4.69, 9.17) is 4.74 Å². The van der Waals surface area contributed by atoms with E-state index in [2.05, 4.69) is 25.9 Å². The van der Waals surface area contributed by atoms with Crippen LogP contribution in [0.15, 0.2) is 36.4 Å². The molecular weight excluding hydrogens is 256 g/mol. The Labute approximate surface area is 115 Å². The van der Waals surface area contributed by atoms with E-state index in [0.717, 1.165) is 11.3 Å². The first-order valence-electron chi connectivity index (χ1n) is 6.23. The monoisotopic (exact) mass is 270 g/mol. The van der Waals surface area contributed by atoms with Crippen LogP contribution in [0.2, 0.25) is 0 Å². The lowest BCUT2D eigenvalue weighted by Crippen LogP contribution is -2.10. The number of anilines is 1. The average molecular weight is 270 g/mol. The van der Waals surface area contributed by atoms with Crippen LogP contribution in [0.1, 0.15) is 18.5 Å². The SMILES string of the molecule is COc1ccccc1[C@@H](C)Nc1ccc2nnnn2n1. The first kappa shape index (κ1) is 12.3. The van der Waals surface area contributed by atoms with Crippen molar-refractivity contribution in [2.75, 3.05) is 12.4 Å². The number of aromatic nitrogens is 5. The van der Waals surface area contributed by atoms with Gasteiger partial charge in [-0.1, -0.05) is 18.2 Å². The van der Waals surface area contributed by atoms with Crippen LogP contribution in [0.5, 0.6) is 5.75 Å². The molecule has 0 amide bonds. The van der Waals surface area contributed by atoms with Gasteiger partial charge in [-0.3, -0.25) is 0 Å². The molecule has 102 valence electrons. The second-order valence-electron chi connectivity index (χ2n) is 4.35. The Morgan fingerprint density at radius 2 is 2.05 bits per heavy atom. The molecule has 0 aliphatic heterocycles. The fourth-order valence-corrected chi connectivity index (χ4v) is 2.05. The molecular formula is C13H14N6O. The van der Waals surface area contributed by atoms with E-state index in [1.165, 1.54) is 4.63 Å². The van der Waals surface area contributed by atoms with Crippen molar-refractivity contribution < 1.29 is 4.74 Å². The number of para-hydroxylation sites is 1. The van der Waals surface area contributed by atoms with E-state index in [1.54, 1.807) is 7.11 Å². The summed E-state index contributed by atoms with van der Waals surface area (Å²) in [4.78, 5) is 0. The normalized spacial score (nSPS) is 12.3. The van der Waals surface area contributed by atoms with Gasteiger partial charge in [0, 0.05) is 5.56 Å². The molecule has 0 bridgehead atoms. The molecule has 20 heavy (non-hydrogen) atoms. The third-order valence-electron chi connectivity index (χ3n) is 3.04. The topological polar surface area (TPSA) is 77.2 Å². The lowest BCUT2D eigenvalue weighted by atomic mass is 10.1. The molecule has 0 aliphatic carbocycles. The second kappa shape index (κ2) is 5.12. The Bertz CT molecular complexity index is 725. The molecule has 2 aromatic heterocycles. The molecule has 0 saturated heterocycles. The third kappa shape index (κ3) is 2.25. The minimum Gasteiger partial charge on any atom is -0.496 e. The van der Waals surface area contributed by atoms with Crippen LogP contribution in [0.3, 0.4) is 0 Å². The fraction of sp³-hybridized carbons (Fsp3) is 0.231. The molecule has 1 N–H and O–H groups in total. The van der Waals surface area contributed by atoms with E-state index in [0.29, 0.717) is 11.5 Å². The van der Waals surface area contributed by atoms with Crippen LogP contribution in [0, 0.1) is 0 Å². The fourth-order valence-electron chi connectivity index (χ4n) is 2.05. The molecule has 1 aromatic carbocycles. The van der Waals surface area contributed by atoms with Gasteiger partial charge in [-0.2, -0.15) is 0 Å². The molecule has 0 spiro atoms. The summed E-state index contributed by atoms with van der Waals surface area (Å²) in [7, 11) is 1.66. The number of methoxy groups -OCH3 is 1. The lowest BCUT2D eigenvalue weighted by molar-refractivity contribution is 0.408. The maximum Gasteiger partial charge on any atom is 0.200 e. The number of nitrogens with zero attached hydrogens (tertiary/aromatic N) is 5. The van der Waals surface area contributed by atoms with E-state index in [9.17, 15) is 0 Å². The van der Waals surface area contributed by atoms with Crippen molar-refractivity contribution in [3.63, 3.8) is 0 Å². The number of ether oxygens (including phenoxy) is 1. The highest BCUT2D eigenvalue weighted by molar-refractivity contribution is 5.45. The Kier molecular flexibility index (Phi) is 3.16. The van der Waals surface area contributed by atoms with Gasteiger partial charge >= 0.3 is 0 Å². The predicted molar refractivity (Wildman–Crippen MR) is 73.6 cm³/mol. The highest BCUT2D eigenvalue weighted by atomic mass is 16.5. The summed E-state index contributed by atoms with van der Waals surface area (Å²) in [6, 6.07) is 11.6. The number of rotatable bonds is 4. The Balaban J connectivity index is 1.86. The number of benzene rings is 1. The zero-order valence-corrected chi connectivity index (χ0v) is 11.2. The van der Waals surface area contributed by atoms with Crippen LogP contribution in [0.4, 0.5) is 5.82 Å². The molecule has 3 aromatic rings. The number of tetrazole rings is 1. The van der Waals surface area contributed by atoms with Gasteiger partial charge in [-0.05, 0) is 35.5 Å². The van der Waals surface area contributed by atoms with Crippen molar-refractivity contribution in [1.29, 1.82) is 0 Å². The molecule has 3 rings (SSSR count). The summed E-state index contributed by atoms with van der Waals surface area (Å²) < 4.78 is 6.75. The van der Waals surface area contributed by atoms with Crippen LogP contribution >= 0.6 is 0 Å². The molecule has 7 nitrogen and oxygen atoms in total. The quantitative estimate of drug-likeness (QED) is 0.777. The second-order valence-corrected chi connectivity index (χ2v) is 4.35. The van der Waals surface area contributed by atoms with Crippen molar-refractivity contribution in [1.82, 2.24) is 25.3 Å². The molecule has 0 aliphatic rings. The lowest BCUT2D eigenvalue weighted by Gasteiger charge is -2.17. The van der Waals surface area contributed by atoms with Crippen LogP contribution in [-0.2, 0) is 0 Å². The summed E-state index contributed by atoms with van der Waals surface area (Å²) in [5.41, 5.74) is 1.68. The van der Waals surface area contributed by atoms with Gasteiger partial charge in [-0.25, -0.2) is 0 Å². The third-order valence-corrected chi connectivity index (χ3v) is 3.04. The first-order valence-corrected chi connectivity index (χ1v) is 6.23. The van der Waals surface area contributed by atoms with Crippen molar-refractivity contribution in [2.45, 2.75) is 13.0 Å². The smallest absolute Gasteiger partial charge is 0.200 e. The highest BCUT2D eigenvalue weighted by Gasteiger charge is 2.11. The molecule has 1 atom stereocenters. The van der Waals surface area contributed by atoms with Crippen LogP contribution in [-0.4, -0.2) is 32.4 Å². The van der Waals surface area contributed by atoms with Crippen molar-refractivity contribution in [3.8, 4) is 5.75 Å². The van der Waals surface area contributed by atoms with Crippen LogP contribution < -0.4 is 10.1 Å². The van der Waals surface area contributed by atoms with Gasteiger partial charge in [-0.15, -0.1) is 14.8 Å². The molecule has 0 radical (unpaired) electrons. The minimum absolute atomic E-state index is 0.0487. The number of hydrogen-bond donors (Lipinski definition) is 1. The predicted octanol–water partition coefficient (Wildman–Crippen LogP) is 1.70. The van der Waals surface area contributed by atoms with Gasteiger partial charge in [0.15, 0.2) is 5.65 Å². The number of nitrogens with one attached hydrogen (secondary N) is 1. The molecule has 7 heteroatoms. The molecule has 2 heterocycles. The maximum atomic E-state index is 5.36. The van der Waals surface area contributed by atoms with Crippen molar-refractivity contribution >= 4 is 11.5 Å². The number of hydrogen-bond acceptors (Lipinski definition) is 6. The first-order chi connectivity index (χ1) is 9.78. The summed E-state index contributed by atoms with van der Waals surface area (Å²) in [5.74, 6) is 1.54.